The lowest BCUT2D eigenvalue weighted by Gasteiger charge is -2.22. The number of nitrogens with two attached hydrogens (primary N) is 1. The molecule has 124 valence electrons. The Kier molecular flexibility index (Phi) is 3.89. The standard InChI is InChI=1S/C15H19N3O4S/c1-10(19)17-8-6-11-9-12(4-5-13(11)17)23(21,22)18-7-2-3-14(18)15(16)20/h4-5,9,14H,2-3,6-8H2,1H3,(H2,16,20)/t14-/m0/s1. The Morgan fingerprint density at radius 3 is 2.65 bits per heavy atom. The van der Waals surface area contributed by atoms with Gasteiger partial charge in [-0.1, -0.05) is 0 Å². The van der Waals surface area contributed by atoms with Gasteiger partial charge in [0.1, 0.15) is 6.04 Å². The summed E-state index contributed by atoms with van der Waals surface area (Å²) in [4.78, 5) is 24.8. The summed E-state index contributed by atoms with van der Waals surface area (Å²) in [5, 5.41) is 0. The van der Waals surface area contributed by atoms with Crippen LogP contribution in [0.1, 0.15) is 25.3 Å². The summed E-state index contributed by atoms with van der Waals surface area (Å²) in [7, 11) is -3.76. The van der Waals surface area contributed by atoms with Crippen LogP contribution < -0.4 is 10.6 Å². The van der Waals surface area contributed by atoms with Crippen LogP contribution in [0.4, 0.5) is 5.69 Å². The molecule has 1 fully saturated rings. The zero-order chi connectivity index (χ0) is 16.8. The molecule has 2 aliphatic rings. The molecule has 0 aromatic heterocycles. The van der Waals surface area contributed by atoms with E-state index in [9.17, 15) is 18.0 Å². The predicted octanol–water partition coefficient (Wildman–Crippen LogP) is 0.234. The average Bonchev–Trinajstić information content (AvgIpc) is 3.13. The van der Waals surface area contributed by atoms with Crippen molar-refractivity contribution in [2.45, 2.75) is 37.1 Å². The van der Waals surface area contributed by atoms with Gasteiger partial charge in [-0.2, -0.15) is 4.31 Å². The highest BCUT2D eigenvalue weighted by molar-refractivity contribution is 7.89. The van der Waals surface area contributed by atoms with Crippen molar-refractivity contribution >= 4 is 27.5 Å². The monoisotopic (exact) mass is 337 g/mol. The fourth-order valence-electron chi connectivity index (χ4n) is 3.31. The van der Waals surface area contributed by atoms with E-state index in [-0.39, 0.29) is 10.8 Å². The van der Waals surface area contributed by atoms with Crippen molar-refractivity contribution in [1.82, 2.24) is 4.31 Å². The van der Waals surface area contributed by atoms with E-state index in [1.165, 1.54) is 17.3 Å². The normalized spacial score (nSPS) is 21.4. The van der Waals surface area contributed by atoms with Crippen molar-refractivity contribution in [1.29, 1.82) is 0 Å². The van der Waals surface area contributed by atoms with Gasteiger partial charge in [-0.05, 0) is 43.0 Å². The van der Waals surface area contributed by atoms with E-state index < -0.39 is 22.0 Å². The number of carbonyl (C=O) groups excluding carboxylic acids is 2. The van der Waals surface area contributed by atoms with E-state index in [4.69, 9.17) is 5.73 Å². The van der Waals surface area contributed by atoms with E-state index in [0.717, 1.165) is 11.3 Å². The van der Waals surface area contributed by atoms with Gasteiger partial charge >= 0.3 is 0 Å². The van der Waals surface area contributed by atoms with E-state index in [1.807, 2.05) is 0 Å². The molecule has 0 bridgehead atoms. The van der Waals surface area contributed by atoms with E-state index in [1.54, 1.807) is 17.0 Å². The molecule has 1 atom stereocenters. The number of sulfonamides is 1. The molecular formula is C15H19N3O4S. The van der Waals surface area contributed by atoms with Crippen LogP contribution in [0, 0.1) is 0 Å². The summed E-state index contributed by atoms with van der Waals surface area (Å²) < 4.78 is 26.8. The molecule has 23 heavy (non-hydrogen) atoms. The second-order valence-electron chi connectivity index (χ2n) is 5.89. The summed E-state index contributed by atoms with van der Waals surface area (Å²) in [5.41, 5.74) is 6.90. The second-order valence-corrected chi connectivity index (χ2v) is 7.78. The van der Waals surface area contributed by atoms with Crippen LogP contribution in [0.2, 0.25) is 0 Å². The number of benzene rings is 1. The fourth-order valence-corrected chi connectivity index (χ4v) is 5.03. The lowest BCUT2D eigenvalue weighted by molar-refractivity contribution is -0.121. The molecule has 8 heteroatoms. The molecule has 0 saturated carbocycles. The topological polar surface area (TPSA) is 101 Å². The van der Waals surface area contributed by atoms with Crippen molar-refractivity contribution in [3.05, 3.63) is 23.8 Å². The Hall–Kier alpha value is -1.93. The fraction of sp³-hybridized carbons (Fsp3) is 0.467. The van der Waals surface area contributed by atoms with Gasteiger partial charge in [-0.15, -0.1) is 0 Å². The molecule has 1 aromatic carbocycles. The largest absolute Gasteiger partial charge is 0.368 e. The number of nitrogens with zero attached hydrogens (tertiary/aromatic N) is 2. The van der Waals surface area contributed by atoms with Crippen molar-refractivity contribution in [3.63, 3.8) is 0 Å². The van der Waals surface area contributed by atoms with Crippen molar-refractivity contribution in [2.24, 2.45) is 5.73 Å². The first-order chi connectivity index (χ1) is 10.8. The molecule has 0 unspecified atom stereocenters. The Morgan fingerprint density at radius 2 is 2.00 bits per heavy atom. The van der Waals surface area contributed by atoms with E-state index in [0.29, 0.717) is 32.4 Å². The highest BCUT2D eigenvalue weighted by atomic mass is 32.2. The number of hydrogen-bond acceptors (Lipinski definition) is 4. The van der Waals surface area contributed by atoms with Crippen LogP contribution in [-0.4, -0.2) is 43.7 Å². The molecule has 2 N–H and O–H groups in total. The molecular weight excluding hydrogens is 318 g/mol. The Bertz CT molecular complexity index is 775. The maximum absolute atomic E-state index is 12.8. The van der Waals surface area contributed by atoms with Gasteiger partial charge < -0.3 is 10.6 Å². The minimum absolute atomic E-state index is 0.0623. The highest BCUT2D eigenvalue weighted by Crippen LogP contribution is 2.33. The number of carbonyl (C=O) groups is 2. The zero-order valence-corrected chi connectivity index (χ0v) is 13.7. The Morgan fingerprint density at radius 1 is 1.26 bits per heavy atom. The lowest BCUT2D eigenvalue weighted by atomic mass is 10.2. The predicted molar refractivity (Wildman–Crippen MR) is 84.3 cm³/mol. The van der Waals surface area contributed by atoms with E-state index >= 15 is 0 Å². The summed E-state index contributed by atoms with van der Waals surface area (Å²) >= 11 is 0. The van der Waals surface area contributed by atoms with Gasteiger partial charge in [-0.3, -0.25) is 9.59 Å². The number of amides is 2. The SMILES string of the molecule is CC(=O)N1CCc2cc(S(=O)(=O)N3CCC[C@H]3C(N)=O)ccc21. The number of rotatable bonds is 3. The van der Waals surface area contributed by atoms with Gasteiger partial charge in [0.05, 0.1) is 4.90 Å². The first kappa shape index (κ1) is 15.9. The van der Waals surface area contributed by atoms with Gasteiger partial charge in [0.2, 0.25) is 21.8 Å². The van der Waals surface area contributed by atoms with Crippen LogP contribution in [-0.2, 0) is 26.0 Å². The molecule has 3 rings (SSSR count). The second kappa shape index (κ2) is 5.61. The maximum atomic E-state index is 12.8. The van der Waals surface area contributed by atoms with Gasteiger partial charge in [0, 0.05) is 25.7 Å². The highest BCUT2D eigenvalue weighted by Gasteiger charge is 2.39. The smallest absolute Gasteiger partial charge is 0.243 e. The molecule has 0 radical (unpaired) electrons. The maximum Gasteiger partial charge on any atom is 0.243 e. The van der Waals surface area contributed by atoms with Crippen molar-refractivity contribution < 1.29 is 18.0 Å². The number of fused-ring (bicyclic) bond motifs is 1. The van der Waals surface area contributed by atoms with Crippen LogP contribution >= 0.6 is 0 Å². The van der Waals surface area contributed by atoms with Crippen LogP contribution in [0.25, 0.3) is 0 Å². The van der Waals surface area contributed by atoms with Crippen molar-refractivity contribution in [3.8, 4) is 0 Å². The minimum atomic E-state index is -3.76. The van der Waals surface area contributed by atoms with Crippen LogP contribution in [0.5, 0.6) is 0 Å². The van der Waals surface area contributed by atoms with Gasteiger partial charge in [0.25, 0.3) is 0 Å². The molecule has 1 saturated heterocycles. The third-order valence-electron chi connectivity index (χ3n) is 4.47. The first-order valence-electron chi connectivity index (χ1n) is 7.54. The summed E-state index contributed by atoms with van der Waals surface area (Å²) in [6, 6.07) is 3.98. The molecule has 1 aromatic rings. The first-order valence-corrected chi connectivity index (χ1v) is 8.98. The van der Waals surface area contributed by atoms with Crippen molar-refractivity contribution in [2.75, 3.05) is 18.0 Å². The summed E-state index contributed by atoms with van der Waals surface area (Å²) in [5.74, 6) is -0.678. The number of anilines is 1. The minimum Gasteiger partial charge on any atom is -0.368 e. The molecule has 0 spiro atoms. The third-order valence-corrected chi connectivity index (χ3v) is 6.37. The quantitative estimate of drug-likeness (QED) is 0.853. The Labute approximate surface area is 135 Å². The number of primary amides is 1. The number of hydrogen-bond donors (Lipinski definition) is 1. The summed E-state index contributed by atoms with van der Waals surface area (Å²) in [6.07, 6.45) is 1.70. The van der Waals surface area contributed by atoms with Gasteiger partial charge in [0.15, 0.2) is 0 Å². The molecule has 2 heterocycles. The molecule has 7 nitrogen and oxygen atoms in total. The Balaban J connectivity index is 1.96. The van der Waals surface area contributed by atoms with Crippen LogP contribution in [0.15, 0.2) is 23.1 Å². The van der Waals surface area contributed by atoms with Gasteiger partial charge in [-0.25, -0.2) is 8.42 Å². The molecule has 2 aliphatic heterocycles. The molecule has 0 aliphatic carbocycles. The molecule has 2 amide bonds. The summed E-state index contributed by atoms with van der Waals surface area (Å²) in [6.45, 7) is 2.34. The average molecular weight is 337 g/mol. The lowest BCUT2D eigenvalue weighted by Crippen LogP contribution is -2.43. The third kappa shape index (κ3) is 2.61. The van der Waals surface area contributed by atoms with Crippen LogP contribution in [0.3, 0.4) is 0 Å². The van der Waals surface area contributed by atoms with E-state index in [2.05, 4.69) is 0 Å². The zero-order valence-electron chi connectivity index (χ0n) is 12.9.